The second-order valence-corrected chi connectivity index (χ2v) is 5.41. The Morgan fingerprint density at radius 1 is 1.14 bits per heavy atom. The predicted octanol–water partition coefficient (Wildman–Crippen LogP) is 2.60. The van der Waals surface area contributed by atoms with Gasteiger partial charge in [0.25, 0.3) is 5.91 Å². The first-order valence-corrected chi connectivity index (χ1v) is 7.07. The largest absolute Gasteiger partial charge is 0.486 e. The number of likely N-dealkylation sites (tertiary alicyclic amines) is 1. The molecule has 0 aliphatic carbocycles. The monoisotopic (exact) mass is 282 g/mol. The van der Waals surface area contributed by atoms with Gasteiger partial charge in [-0.15, -0.1) is 0 Å². The summed E-state index contributed by atoms with van der Waals surface area (Å²) in [4.78, 5) is 17.9. The van der Waals surface area contributed by atoms with Gasteiger partial charge in [-0.05, 0) is 37.1 Å². The Balaban J connectivity index is 1.60. The molecule has 1 saturated heterocycles. The summed E-state index contributed by atoms with van der Waals surface area (Å²) in [5.74, 6) is 0.984. The van der Waals surface area contributed by atoms with Crippen LogP contribution in [0.15, 0.2) is 42.7 Å². The van der Waals surface area contributed by atoms with Crippen LogP contribution in [-0.2, 0) is 0 Å². The average Bonchev–Trinajstić information content (AvgIpc) is 2.45. The van der Waals surface area contributed by atoms with Crippen LogP contribution in [0.1, 0.15) is 21.5 Å². The van der Waals surface area contributed by atoms with E-state index in [9.17, 15) is 4.79 Å². The van der Waals surface area contributed by atoms with Crippen LogP contribution in [0.25, 0.3) is 0 Å². The number of para-hydroxylation sites is 1. The number of nitrogens with zero attached hydrogens (tertiary/aromatic N) is 2. The summed E-state index contributed by atoms with van der Waals surface area (Å²) in [5.41, 5.74) is 2.94. The van der Waals surface area contributed by atoms with Crippen molar-refractivity contribution in [2.45, 2.75) is 20.0 Å². The normalized spacial score (nSPS) is 14.7. The molecule has 21 heavy (non-hydrogen) atoms. The second kappa shape index (κ2) is 5.56. The molecule has 0 bridgehead atoms. The summed E-state index contributed by atoms with van der Waals surface area (Å²) < 4.78 is 6.02. The van der Waals surface area contributed by atoms with E-state index in [2.05, 4.69) is 4.98 Å². The molecular formula is C17H18N2O2. The Kier molecular flexibility index (Phi) is 3.60. The Morgan fingerprint density at radius 3 is 2.38 bits per heavy atom. The summed E-state index contributed by atoms with van der Waals surface area (Å²) in [6.07, 6.45) is 3.35. The molecule has 3 rings (SSSR count). The number of aryl methyl sites for hydroxylation is 2. The van der Waals surface area contributed by atoms with Gasteiger partial charge in [-0.2, -0.15) is 0 Å². The van der Waals surface area contributed by atoms with Crippen molar-refractivity contribution in [3.63, 3.8) is 0 Å². The van der Waals surface area contributed by atoms with Crippen LogP contribution in [0.3, 0.4) is 0 Å². The number of rotatable bonds is 3. The van der Waals surface area contributed by atoms with Gasteiger partial charge in [0.1, 0.15) is 11.9 Å². The molecule has 1 fully saturated rings. The first kappa shape index (κ1) is 13.6. The minimum absolute atomic E-state index is 0.0405. The lowest BCUT2D eigenvalue weighted by atomic mass is 10.1. The fourth-order valence-electron chi connectivity index (χ4n) is 2.51. The van der Waals surface area contributed by atoms with Crippen LogP contribution in [0.4, 0.5) is 0 Å². The number of aromatic nitrogens is 1. The van der Waals surface area contributed by atoms with Crippen molar-refractivity contribution in [2.75, 3.05) is 13.1 Å². The van der Waals surface area contributed by atoms with E-state index in [0.29, 0.717) is 18.7 Å². The first-order chi connectivity index (χ1) is 10.1. The number of ether oxygens (including phenoxy) is 1. The summed E-state index contributed by atoms with van der Waals surface area (Å²) >= 11 is 0. The van der Waals surface area contributed by atoms with Gasteiger partial charge in [-0.1, -0.05) is 18.2 Å². The minimum atomic E-state index is 0.0405. The number of pyridine rings is 1. The summed E-state index contributed by atoms with van der Waals surface area (Å²) in [7, 11) is 0. The van der Waals surface area contributed by atoms with Crippen molar-refractivity contribution in [3.05, 3.63) is 59.4 Å². The number of hydrogen-bond donors (Lipinski definition) is 0. The highest BCUT2D eigenvalue weighted by Gasteiger charge is 2.33. The van der Waals surface area contributed by atoms with Crippen molar-refractivity contribution in [3.8, 4) is 5.75 Å². The molecule has 108 valence electrons. The van der Waals surface area contributed by atoms with Gasteiger partial charge >= 0.3 is 0 Å². The van der Waals surface area contributed by atoms with Crippen molar-refractivity contribution < 1.29 is 9.53 Å². The molecule has 2 heterocycles. The van der Waals surface area contributed by atoms with E-state index < -0.39 is 0 Å². The maximum atomic E-state index is 12.2. The Morgan fingerprint density at radius 2 is 1.76 bits per heavy atom. The molecule has 1 aliphatic rings. The lowest BCUT2D eigenvalue weighted by Gasteiger charge is -2.39. The third-order valence-electron chi connectivity index (χ3n) is 3.76. The van der Waals surface area contributed by atoms with Crippen LogP contribution >= 0.6 is 0 Å². The maximum Gasteiger partial charge on any atom is 0.254 e. The molecule has 4 nitrogen and oxygen atoms in total. The van der Waals surface area contributed by atoms with Crippen molar-refractivity contribution in [1.82, 2.24) is 9.88 Å². The number of carbonyl (C=O) groups is 1. The molecule has 1 aliphatic heterocycles. The smallest absolute Gasteiger partial charge is 0.254 e. The fraction of sp³-hybridized carbons (Fsp3) is 0.294. The molecule has 1 aromatic heterocycles. The topological polar surface area (TPSA) is 42.4 Å². The molecule has 2 aromatic rings. The zero-order valence-electron chi connectivity index (χ0n) is 12.2. The SMILES string of the molecule is Cc1cccc(C)c1OC1CN(C(=O)c2ccncc2)C1. The van der Waals surface area contributed by atoms with Crippen molar-refractivity contribution in [1.29, 1.82) is 0 Å². The van der Waals surface area contributed by atoms with Gasteiger partial charge in [-0.3, -0.25) is 9.78 Å². The van der Waals surface area contributed by atoms with E-state index in [1.165, 1.54) is 0 Å². The highest BCUT2D eigenvalue weighted by atomic mass is 16.5. The van der Waals surface area contributed by atoms with Gasteiger partial charge in [-0.25, -0.2) is 0 Å². The lowest BCUT2D eigenvalue weighted by molar-refractivity contribution is 0.0173. The van der Waals surface area contributed by atoms with E-state index in [1.54, 1.807) is 29.4 Å². The van der Waals surface area contributed by atoms with Gasteiger partial charge in [0.15, 0.2) is 0 Å². The number of hydrogen-bond acceptors (Lipinski definition) is 3. The highest BCUT2D eigenvalue weighted by molar-refractivity contribution is 5.94. The standard InChI is InChI=1S/C17H18N2O2/c1-12-4-3-5-13(2)16(12)21-15-10-19(11-15)17(20)14-6-8-18-9-7-14/h3-9,15H,10-11H2,1-2H3. The fourth-order valence-corrected chi connectivity index (χ4v) is 2.51. The Hall–Kier alpha value is -2.36. The molecular weight excluding hydrogens is 264 g/mol. The third-order valence-corrected chi connectivity index (χ3v) is 3.76. The Labute approximate surface area is 124 Å². The van der Waals surface area contributed by atoms with E-state index in [0.717, 1.165) is 16.9 Å². The number of amides is 1. The molecule has 0 saturated carbocycles. The maximum absolute atomic E-state index is 12.2. The summed E-state index contributed by atoms with van der Waals surface area (Å²) in [5, 5.41) is 0. The van der Waals surface area contributed by atoms with E-state index in [-0.39, 0.29) is 12.0 Å². The van der Waals surface area contributed by atoms with Gasteiger partial charge < -0.3 is 9.64 Å². The highest BCUT2D eigenvalue weighted by Crippen LogP contribution is 2.26. The summed E-state index contributed by atoms with van der Waals surface area (Å²) in [6.45, 7) is 5.35. The second-order valence-electron chi connectivity index (χ2n) is 5.41. The third kappa shape index (κ3) is 2.75. The molecule has 0 unspecified atom stereocenters. The van der Waals surface area contributed by atoms with E-state index in [1.807, 2.05) is 32.0 Å². The lowest BCUT2D eigenvalue weighted by Crippen LogP contribution is -2.56. The van der Waals surface area contributed by atoms with Crippen LogP contribution in [0.2, 0.25) is 0 Å². The van der Waals surface area contributed by atoms with E-state index >= 15 is 0 Å². The molecule has 1 amide bonds. The average molecular weight is 282 g/mol. The predicted molar refractivity (Wildman–Crippen MR) is 80.5 cm³/mol. The van der Waals surface area contributed by atoms with Crippen LogP contribution in [0, 0.1) is 13.8 Å². The molecule has 0 radical (unpaired) electrons. The number of carbonyl (C=O) groups excluding carboxylic acids is 1. The van der Waals surface area contributed by atoms with Gasteiger partial charge in [0, 0.05) is 18.0 Å². The van der Waals surface area contributed by atoms with Gasteiger partial charge in [0.05, 0.1) is 13.1 Å². The zero-order valence-corrected chi connectivity index (χ0v) is 12.2. The molecule has 1 aromatic carbocycles. The molecule has 4 heteroatoms. The number of benzene rings is 1. The van der Waals surface area contributed by atoms with Crippen LogP contribution in [-0.4, -0.2) is 35.0 Å². The molecule has 0 spiro atoms. The first-order valence-electron chi connectivity index (χ1n) is 7.07. The van der Waals surface area contributed by atoms with E-state index in [4.69, 9.17) is 4.74 Å². The van der Waals surface area contributed by atoms with Crippen molar-refractivity contribution >= 4 is 5.91 Å². The quantitative estimate of drug-likeness (QED) is 0.869. The zero-order chi connectivity index (χ0) is 14.8. The molecule has 0 atom stereocenters. The van der Waals surface area contributed by atoms with Gasteiger partial charge in [0.2, 0.25) is 0 Å². The minimum Gasteiger partial charge on any atom is -0.486 e. The Bertz CT molecular complexity index is 629. The van der Waals surface area contributed by atoms with Crippen molar-refractivity contribution in [2.24, 2.45) is 0 Å². The van der Waals surface area contributed by atoms with Crippen LogP contribution < -0.4 is 4.74 Å². The summed E-state index contributed by atoms with van der Waals surface area (Å²) in [6, 6.07) is 9.59. The molecule has 0 N–H and O–H groups in total. The van der Waals surface area contributed by atoms with Crippen LogP contribution in [0.5, 0.6) is 5.75 Å².